The fourth-order valence-corrected chi connectivity index (χ4v) is 3.30. The Morgan fingerprint density at radius 2 is 1.83 bits per heavy atom. The lowest BCUT2D eigenvalue weighted by Gasteiger charge is -2.38. The number of hydrogen-bond donors (Lipinski definition) is 1. The van der Waals surface area contributed by atoms with E-state index in [4.69, 9.17) is 4.74 Å². The third kappa shape index (κ3) is 4.55. The maximum atomic E-state index is 5.91. The molecule has 1 N–H and O–H groups in total. The van der Waals surface area contributed by atoms with E-state index in [1.165, 1.54) is 44.9 Å². The Labute approximate surface area is 114 Å². The van der Waals surface area contributed by atoms with Gasteiger partial charge >= 0.3 is 0 Å². The number of ether oxygens (including phenoxy) is 1. The van der Waals surface area contributed by atoms with Gasteiger partial charge in [0.2, 0.25) is 0 Å². The van der Waals surface area contributed by atoms with E-state index in [0.29, 0.717) is 18.1 Å². The van der Waals surface area contributed by atoms with E-state index in [0.717, 1.165) is 12.5 Å². The molecule has 2 nitrogen and oxygen atoms in total. The summed E-state index contributed by atoms with van der Waals surface area (Å²) in [4.78, 5) is 0. The van der Waals surface area contributed by atoms with E-state index in [1.807, 2.05) is 7.11 Å². The molecule has 1 saturated carbocycles. The summed E-state index contributed by atoms with van der Waals surface area (Å²) < 4.78 is 5.91. The number of nitrogens with one attached hydrogen (secondary N) is 1. The Hall–Kier alpha value is -0.0800. The summed E-state index contributed by atoms with van der Waals surface area (Å²) in [6.07, 6.45) is 9.77. The molecule has 3 atom stereocenters. The van der Waals surface area contributed by atoms with Crippen LogP contribution in [-0.4, -0.2) is 25.8 Å². The molecule has 18 heavy (non-hydrogen) atoms. The molecule has 1 aliphatic carbocycles. The molecule has 0 aliphatic heterocycles. The standard InChI is InChI=1S/C16H33NO/c1-5-12-17-15(13(3)6-2)16(18-4)14-10-8-7-9-11-14/h13-17H,5-12H2,1-4H3. The minimum Gasteiger partial charge on any atom is -0.380 e. The quantitative estimate of drug-likeness (QED) is 0.708. The van der Waals surface area contributed by atoms with Gasteiger partial charge in [0.15, 0.2) is 0 Å². The van der Waals surface area contributed by atoms with Crippen molar-refractivity contribution in [1.82, 2.24) is 5.32 Å². The van der Waals surface area contributed by atoms with Crippen molar-refractivity contribution in [2.75, 3.05) is 13.7 Å². The van der Waals surface area contributed by atoms with Crippen LogP contribution < -0.4 is 5.32 Å². The highest BCUT2D eigenvalue weighted by Gasteiger charge is 2.32. The van der Waals surface area contributed by atoms with Gasteiger partial charge in [0.1, 0.15) is 0 Å². The molecule has 0 saturated heterocycles. The van der Waals surface area contributed by atoms with Crippen molar-refractivity contribution in [1.29, 1.82) is 0 Å². The minimum absolute atomic E-state index is 0.409. The van der Waals surface area contributed by atoms with Crippen molar-refractivity contribution < 1.29 is 4.74 Å². The predicted molar refractivity (Wildman–Crippen MR) is 78.9 cm³/mol. The lowest BCUT2D eigenvalue weighted by Crippen LogP contribution is -2.49. The van der Waals surface area contributed by atoms with E-state index in [9.17, 15) is 0 Å². The van der Waals surface area contributed by atoms with Gasteiger partial charge in [-0.1, -0.05) is 46.5 Å². The second kappa shape index (κ2) is 8.92. The highest BCUT2D eigenvalue weighted by Crippen LogP contribution is 2.31. The Bertz CT molecular complexity index is 201. The van der Waals surface area contributed by atoms with Gasteiger partial charge in [-0.05, 0) is 37.6 Å². The van der Waals surface area contributed by atoms with Crippen molar-refractivity contribution in [2.45, 2.75) is 77.9 Å². The number of hydrogen-bond acceptors (Lipinski definition) is 2. The fourth-order valence-electron chi connectivity index (χ4n) is 3.30. The fraction of sp³-hybridized carbons (Fsp3) is 1.00. The molecule has 0 aromatic heterocycles. The SMILES string of the molecule is CCCNC(C(C)CC)C(OC)C1CCCCC1. The van der Waals surface area contributed by atoms with Crippen LogP contribution in [0, 0.1) is 11.8 Å². The van der Waals surface area contributed by atoms with Crippen molar-refractivity contribution >= 4 is 0 Å². The first-order valence-electron chi connectivity index (χ1n) is 8.00. The van der Waals surface area contributed by atoms with Gasteiger partial charge in [0, 0.05) is 13.2 Å². The average molecular weight is 255 g/mol. The lowest BCUT2D eigenvalue weighted by molar-refractivity contribution is -0.00615. The normalized spacial score (nSPS) is 22.7. The molecule has 0 aromatic rings. The van der Waals surface area contributed by atoms with Crippen molar-refractivity contribution in [2.24, 2.45) is 11.8 Å². The second-order valence-electron chi connectivity index (χ2n) is 5.96. The van der Waals surface area contributed by atoms with Gasteiger partial charge in [0.25, 0.3) is 0 Å². The van der Waals surface area contributed by atoms with E-state index in [2.05, 4.69) is 26.1 Å². The Balaban J connectivity index is 2.64. The molecule has 3 unspecified atom stereocenters. The van der Waals surface area contributed by atoms with Gasteiger partial charge in [-0.15, -0.1) is 0 Å². The average Bonchev–Trinajstić information content (AvgIpc) is 2.43. The second-order valence-corrected chi connectivity index (χ2v) is 5.96. The van der Waals surface area contributed by atoms with Crippen molar-refractivity contribution in [3.05, 3.63) is 0 Å². The van der Waals surface area contributed by atoms with Crippen LogP contribution in [-0.2, 0) is 4.74 Å². The van der Waals surface area contributed by atoms with E-state index in [-0.39, 0.29) is 0 Å². The Kier molecular flexibility index (Phi) is 7.92. The van der Waals surface area contributed by atoms with Crippen molar-refractivity contribution in [3.63, 3.8) is 0 Å². The molecule has 108 valence electrons. The zero-order chi connectivity index (χ0) is 13.4. The zero-order valence-electron chi connectivity index (χ0n) is 12.9. The summed E-state index contributed by atoms with van der Waals surface area (Å²) in [6, 6.07) is 0.531. The molecule has 2 heteroatoms. The minimum atomic E-state index is 0.409. The van der Waals surface area contributed by atoms with Crippen LogP contribution in [0.2, 0.25) is 0 Å². The monoisotopic (exact) mass is 255 g/mol. The number of methoxy groups -OCH3 is 1. The summed E-state index contributed by atoms with van der Waals surface area (Å²) >= 11 is 0. The van der Waals surface area contributed by atoms with E-state index < -0.39 is 0 Å². The van der Waals surface area contributed by atoms with Crippen molar-refractivity contribution in [3.8, 4) is 0 Å². The lowest BCUT2D eigenvalue weighted by atomic mass is 9.79. The van der Waals surface area contributed by atoms with Crippen LogP contribution >= 0.6 is 0 Å². The highest BCUT2D eigenvalue weighted by atomic mass is 16.5. The molecular formula is C16H33NO. The third-order valence-electron chi connectivity index (χ3n) is 4.63. The maximum absolute atomic E-state index is 5.91. The highest BCUT2D eigenvalue weighted by molar-refractivity contribution is 4.87. The summed E-state index contributed by atoms with van der Waals surface area (Å²) in [5.74, 6) is 1.47. The molecule has 1 rings (SSSR count). The predicted octanol–water partition coefficient (Wildman–Crippen LogP) is 4.00. The smallest absolute Gasteiger partial charge is 0.0754 e. The first-order valence-corrected chi connectivity index (χ1v) is 8.00. The first kappa shape index (κ1) is 16.0. The molecule has 0 amide bonds. The van der Waals surface area contributed by atoms with E-state index in [1.54, 1.807) is 0 Å². The summed E-state index contributed by atoms with van der Waals surface area (Å²) in [5, 5.41) is 3.74. The molecular weight excluding hydrogens is 222 g/mol. The largest absolute Gasteiger partial charge is 0.380 e. The van der Waals surface area contributed by atoms with Gasteiger partial charge in [-0.2, -0.15) is 0 Å². The summed E-state index contributed by atoms with van der Waals surface area (Å²) in [6.45, 7) is 8.01. The van der Waals surface area contributed by atoms with Crippen LogP contribution in [0.15, 0.2) is 0 Å². The maximum Gasteiger partial charge on any atom is 0.0754 e. The van der Waals surface area contributed by atoms with Crippen LogP contribution in [0.4, 0.5) is 0 Å². The van der Waals surface area contributed by atoms with Crippen LogP contribution in [0.3, 0.4) is 0 Å². The zero-order valence-corrected chi connectivity index (χ0v) is 12.9. The van der Waals surface area contributed by atoms with Gasteiger partial charge in [-0.25, -0.2) is 0 Å². The summed E-state index contributed by atoms with van der Waals surface area (Å²) in [5.41, 5.74) is 0. The molecule has 1 aliphatic rings. The molecule has 1 fully saturated rings. The number of rotatable bonds is 8. The van der Waals surface area contributed by atoms with Gasteiger partial charge < -0.3 is 10.1 Å². The molecule has 0 radical (unpaired) electrons. The van der Waals surface area contributed by atoms with Gasteiger partial charge in [0.05, 0.1) is 6.10 Å². The van der Waals surface area contributed by atoms with Crippen LogP contribution in [0.25, 0.3) is 0 Å². The first-order chi connectivity index (χ1) is 8.74. The molecule has 0 aromatic carbocycles. The van der Waals surface area contributed by atoms with E-state index >= 15 is 0 Å². The molecule has 0 spiro atoms. The molecule has 0 heterocycles. The summed E-state index contributed by atoms with van der Waals surface area (Å²) in [7, 11) is 1.91. The Morgan fingerprint density at radius 1 is 1.17 bits per heavy atom. The van der Waals surface area contributed by atoms with Crippen LogP contribution in [0.5, 0.6) is 0 Å². The Morgan fingerprint density at radius 3 is 2.33 bits per heavy atom. The third-order valence-corrected chi connectivity index (χ3v) is 4.63. The molecule has 0 bridgehead atoms. The van der Waals surface area contributed by atoms with Crippen LogP contribution in [0.1, 0.15) is 65.7 Å². The van der Waals surface area contributed by atoms with Gasteiger partial charge in [-0.3, -0.25) is 0 Å². The topological polar surface area (TPSA) is 21.3 Å².